The highest BCUT2D eigenvalue weighted by molar-refractivity contribution is 7.13. The SMILES string of the molecule is CC(C)(C)/C=C/C(NC(=O)c1cccc(-c2cccs2)c1)C(=O)O. The standard InChI is InChI=1S/C19H21NO3S/c1-19(2,3)10-9-15(18(22)23)20-17(21)14-7-4-6-13(12-14)16-8-5-11-24-16/h4-12,15H,1-3H3,(H,20,21)(H,22,23)/b10-9+. The third kappa shape index (κ3) is 5.06. The number of allylic oxidation sites excluding steroid dienone is 1. The van der Waals surface area contributed by atoms with Gasteiger partial charge in [-0.25, -0.2) is 4.79 Å². The number of carboxylic acids is 1. The highest BCUT2D eigenvalue weighted by atomic mass is 32.1. The molecule has 5 heteroatoms. The first-order valence-electron chi connectivity index (χ1n) is 7.63. The van der Waals surface area contributed by atoms with Gasteiger partial charge in [0.05, 0.1) is 0 Å². The molecule has 0 saturated heterocycles. The van der Waals surface area contributed by atoms with E-state index in [0.717, 1.165) is 10.4 Å². The number of aliphatic carboxylic acids is 1. The summed E-state index contributed by atoms with van der Waals surface area (Å²) in [6, 6.07) is 10.0. The van der Waals surface area contributed by atoms with Crippen molar-refractivity contribution >= 4 is 23.2 Å². The van der Waals surface area contributed by atoms with Crippen molar-refractivity contribution in [3.8, 4) is 10.4 Å². The largest absolute Gasteiger partial charge is 0.479 e. The minimum atomic E-state index is -1.08. The number of carboxylic acid groups (broad SMARTS) is 1. The first-order valence-corrected chi connectivity index (χ1v) is 8.51. The summed E-state index contributed by atoms with van der Waals surface area (Å²) in [6.45, 7) is 5.90. The van der Waals surface area contributed by atoms with Crippen LogP contribution in [-0.2, 0) is 4.79 Å². The Morgan fingerprint density at radius 1 is 1.21 bits per heavy atom. The number of rotatable bonds is 5. The van der Waals surface area contributed by atoms with E-state index in [4.69, 9.17) is 0 Å². The molecule has 0 spiro atoms. The first-order chi connectivity index (χ1) is 11.3. The average Bonchev–Trinajstić information content (AvgIpc) is 3.04. The highest BCUT2D eigenvalue weighted by Gasteiger charge is 2.19. The number of amides is 1. The Bertz CT molecular complexity index is 742. The van der Waals surface area contributed by atoms with Crippen LogP contribution in [0.5, 0.6) is 0 Å². The van der Waals surface area contributed by atoms with Crippen molar-refractivity contribution in [2.24, 2.45) is 5.41 Å². The van der Waals surface area contributed by atoms with Gasteiger partial charge in [0.1, 0.15) is 6.04 Å². The summed E-state index contributed by atoms with van der Waals surface area (Å²) in [4.78, 5) is 24.8. The maximum absolute atomic E-state index is 12.4. The van der Waals surface area contributed by atoms with Crippen LogP contribution < -0.4 is 5.32 Å². The average molecular weight is 343 g/mol. The molecule has 0 aliphatic carbocycles. The topological polar surface area (TPSA) is 66.4 Å². The normalized spacial score (nSPS) is 13.0. The number of thiophene rings is 1. The smallest absolute Gasteiger partial charge is 0.330 e. The summed E-state index contributed by atoms with van der Waals surface area (Å²) in [5.41, 5.74) is 1.23. The maximum Gasteiger partial charge on any atom is 0.330 e. The molecule has 0 saturated carbocycles. The van der Waals surface area contributed by atoms with E-state index in [2.05, 4.69) is 5.32 Å². The molecule has 0 aliphatic heterocycles. The van der Waals surface area contributed by atoms with E-state index in [1.807, 2.05) is 44.4 Å². The van der Waals surface area contributed by atoms with Crippen LogP contribution in [0.4, 0.5) is 0 Å². The molecule has 1 amide bonds. The molecule has 1 unspecified atom stereocenters. The van der Waals surface area contributed by atoms with E-state index in [1.165, 1.54) is 6.08 Å². The number of hydrogen-bond acceptors (Lipinski definition) is 3. The lowest BCUT2D eigenvalue weighted by molar-refractivity contribution is -0.137. The van der Waals surface area contributed by atoms with E-state index in [-0.39, 0.29) is 5.41 Å². The van der Waals surface area contributed by atoms with Crippen LogP contribution in [0.25, 0.3) is 10.4 Å². The van der Waals surface area contributed by atoms with Gasteiger partial charge in [-0.1, -0.05) is 51.1 Å². The highest BCUT2D eigenvalue weighted by Crippen LogP contribution is 2.25. The zero-order valence-corrected chi connectivity index (χ0v) is 14.8. The van der Waals surface area contributed by atoms with Gasteiger partial charge in [-0.05, 0) is 34.6 Å². The second kappa shape index (κ2) is 7.45. The molecule has 2 aromatic rings. The molecule has 1 heterocycles. The van der Waals surface area contributed by atoms with Crippen LogP contribution in [0.2, 0.25) is 0 Å². The Labute approximate surface area is 145 Å². The quantitative estimate of drug-likeness (QED) is 0.800. The molecule has 2 rings (SSSR count). The predicted octanol–water partition coefficient (Wildman–Crippen LogP) is 4.20. The summed E-state index contributed by atoms with van der Waals surface area (Å²) in [5.74, 6) is -1.49. The Kier molecular flexibility index (Phi) is 5.57. The maximum atomic E-state index is 12.4. The van der Waals surface area contributed by atoms with Crippen LogP contribution in [-0.4, -0.2) is 23.0 Å². The van der Waals surface area contributed by atoms with Gasteiger partial charge in [0, 0.05) is 10.4 Å². The minimum Gasteiger partial charge on any atom is -0.479 e. The Morgan fingerprint density at radius 2 is 1.96 bits per heavy atom. The Morgan fingerprint density at radius 3 is 2.54 bits per heavy atom. The molecule has 0 aliphatic rings. The number of carbonyl (C=O) groups is 2. The van der Waals surface area contributed by atoms with Crippen LogP contribution in [0.3, 0.4) is 0 Å². The van der Waals surface area contributed by atoms with Crippen LogP contribution in [0.15, 0.2) is 53.9 Å². The van der Waals surface area contributed by atoms with E-state index in [1.54, 1.807) is 35.6 Å². The summed E-state index contributed by atoms with van der Waals surface area (Å²) in [5, 5.41) is 13.8. The molecule has 1 aromatic carbocycles. The van der Waals surface area contributed by atoms with Gasteiger partial charge in [-0.2, -0.15) is 0 Å². The fraction of sp³-hybridized carbons (Fsp3) is 0.263. The third-order valence-corrected chi connectivity index (χ3v) is 4.19. The van der Waals surface area contributed by atoms with Crippen LogP contribution >= 0.6 is 11.3 Å². The number of carbonyl (C=O) groups excluding carboxylic acids is 1. The van der Waals surface area contributed by atoms with Crippen LogP contribution in [0, 0.1) is 5.41 Å². The molecule has 24 heavy (non-hydrogen) atoms. The molecule has 0 fully saturated rings. The second-order valence-corrected chi connectivity index (χ2v) is 7.52. The number of hydrogen-bond donors (Lipinski definition) is 2. The van der Waals surface area contributed by atoms with Gasteiger partial charge < -0.3 is 10.4 Å². The monoisotopic (exact) mass is 343 g/mol. The molecular weight excluding hydrogens is 322 g/mol. The van der Waals surface area contributed by atoms with Crippen molar-refractivity contribution in [3.05, 3.63) is 59.5 Å². The van der Waals surface area contributed by atoms with Crippen molar-refractivity contribution in [2.75, 3.05) is 0 Å². The second-order valence-electron chi connectivity index (χ2n) is 6.57. The molecule has 4 nitrogen and oxygen atoms in total. The molecule has 1 aromatic heterocycles. The number of nitrogens with one attached hydrogen (secondary N) is 1. The van der Waals surface area contributed by atoms with Crippen molar-refractivity contribution in [1.29, 1.82) is 0 Å². The van der Waals surface area contributed by atoms with Gasteiger partial charge >= 0.3 is 5.97 Å². The van der Waals surface area contributed by atoms with Gasteiger partial charge in [-0.15, -0.1) is 11.3 Å². The first kappa shape index (κ1) is 17.9. The summed E-state index contributed by atoms with van der Waals surface area (Å²) in [7, 11) is 0. The van der Waals surface area contributed by atoms with E-state index in [0.29, 0.717) is 5.56 Å². The zero-order valence-electron chi connectivity index (χ0n) is 13.9. The zero-order chi connectivity index (χ0) is 17.7. The third-order valence-electron chi connectivity index (χ3n) is 3.27. The van der Waals surface area contributed by atoms with Gasteiger partial charge in [-0.3, -0.25) is 4.79 Å². The Hall–Kier alpha value is -2.40. The van der Waals surface area contributed by atoms with Crippen molar-refractivity contribution in [3.63, 3.8) is 0 Å². The van der Waals surface area contributed by atoms with Gasteiger partial charge in [0.25, 0.3) is 5.91 Å². The van der Waals surface area contributed by atoms with E-state index < -0.39 is 17.9 Å². The molecule has 0 bridgehead atoms. The fourth-order valence-electron chi connectivity index (χ4n) is 2.06. The molecule has 126 valence electrons. The van der Waals surface area contributed by atoms with Crippen LogP contribution in [0.1, 0.15) is 31.1 Å². The van der Waals surface area contributed by atoms with E-state index >= 15 is 0 Å². The minimum absolute atomic E-state index is 0.155. The molecule has 0 radical (unpaired) electrons. The van der Waals surface area contributed by atoms with Gasteiger partial charge in [0.2, 0.25) is 0 Å². The van der Waals surface area contributed by atoms with Gasteiger partial charge in [0.15, 0.2) is 0 Å². The molecule has 2 N–H and O–H groups in total. The lowest BCUT2D eigenvalue weighted by Crippen LogP contribution is -2.39. The molecule has 1 atom stereocenters. The Balaban J connectivity index is 2.17. The molecular formula is C19H21NO3S. The summed E-state index contributed by atoms with van der Waals surface area (Å²) in [6.07, 6.45) is 3.30. The van der Waals surface area contributed by atoms with E-state index in [9.17, 15) is 14.7 Å². The van der Waals surface area contributed by atoms with Crippen molar-refractivity contribution in [1.82, 2.24) is 5.32 Å². The van der Waals surface area contributed by atoms with Crippen molar-refractivity contribution < 1.29 is 14.7 Å². The lowest BCUT2D eigenvalue weighted by atomic mass is 9.95. The summed E-state index contributed by atoms with van der Waals surface area (Å²) >= 11 is 1.59. The number of benzene rings is 1. The predicted molar refractivity (Wildman–Crippen MR) is 97.2 cm³/mol. The fourth-order valence-corrected chi connectivity index (χ4v) is 2.78. The van der Waals surface area contributed by atoms with Crippen molar-refractivity contribution in [2.45, 2.75) is 26.8 Å². The lowest BCUT2D eigenvalue weighted by Gasteiger charge is -2.15. The summed E-state index contributed by atoms with van der Waals surface area (Å²) < 4.78 is 0.